The van der Waals surface area contributed by atoms with Gasteiger partial charge in [0.2, 0.25) is 0 Å². The Morgan fingerprint density at radius 2 is 1.90 bits per heavy atom. The molecular weight excluding hydrogens is 298 g/mol. The molecule has 0 saturated carbocycles. The largest absolute Gasteiger partial charge is 0.277 e. The van der Waals surface area contributed by atoms with Crippen molar-refractivity contribution >= 4 is 15.7 Å². The lowest BCUT2D eigenvalue weighted by molar-refractivity contribution is 0.564. The fourth-order valence-electron chi connectivity index (χ4n) is 1.70. The van der Waals surface area contributed by atoms with Gasteiger partial charge in [-0.25, -0.2) is 17.2 Å². The molecule has 0 radical (unpaired) electrons. The Labute approximate surface area is 120 Å². The van der Waals surface area contributed by atoms with Crippen molar-refractivity contribution in [2.75, 3.05) is 4.72 Å². The number of nitrogens with zero attached hydrogens (tertiary/aromatic N) is 1. The predicted octanol–water partition coefficient (Wildman–Crippen LogP) is 2.95. The first-order valence-corrected chi connectivity index (χ1v) is 7.31. The fraction of sp³-hybridized carbons (Fsp3) is 0.0714. The van der Waals surface area contributed by atoms with Crippen LogP contribution in [-0.2, 0) is 10.0 Å². The van der Waals surface area contributed by atoms with E-state index in [1.165, 1.54) is 25.1 Å². The highest BCUT2D eigenvalue weighted by molar-refractivity contribution is 7.92. The van der Waals surface area contributed by atoms with Gasteiger partial charge in [0.25, 0.3) is 10.0 Å². The van der Waals surface area contributed by atoms with Crippen LogP contribution in [0.1, 0.15) is 11.1 Å². The summed E-state index contributed by atoms with van der Waals surface area (Å²) in [7, 11) is -4.26. The Morgan fingerprint density at radius 3 is 2.52 bits per heavy atom. The quantitative estimate of drug-likeness (QED) is 0.947. The molecule has 2 aromatic carbocycles. The second-order valence-electron chi connectivity index (χ2n) is 4.30. The predicted molar refractivity (Wildman–Crippen MR) is 73.1 cm³/mol. The van der Waals surface area contributed by atoms with Crippen LogP contribution in [0.3, 0.4) is 0 Å². The molecule has 0 spiro atoms. The van der Waals surface area contributed by atoms with E-state index in [9.17, 15) is 17.2 Å². The summed E-state index contributed by atoms with van der Waals surface area (Å²) < 4.78 is 53.7. The Kier molecular flexibility index (Phi) is 3.91. The van der Waals surface area contributed by atoms with Crippen LogP contribution in [0, 0.1) is 29.9 Å². The van der Waals surface area contributed by atoms with Crippen molar-refractivity contribution in [3.05, 3.63) is 59.2 Å². The number of nitriles is 1. The highest BCUT2D eigenvalue weighted by atomic mass is 32.2. The summed E-state index contributed by atoms with van der Waals surface area (Å²) in [5, 5.41) is 8.63. The Morgan fingerprint density at radius 1 is 1.19 bits per heavy atom. The zero-order valence-electron chi connectivity index (χ0n) is 10.9. The molecule has 108 valence electrons. The van der Waals surface area contributed by atoms with Crippen molar-refractivity contribution in [1.82, 2.24) is 0 Å². The van der Waals surface area contributed by atoms with E-state index in [0.717, 1.165) is 18.2 Å². The number of aryl methyl sites for hydroxylation is 1. The molecule has 0 unspecified atom stereocenters. The summed E-state index contributed by atoms with van der Waals surface area (Å²) in [5.41, 5.74) is -0.134. The normalized spacial score (nSPS) is 11.0. The van der Waals surface area contributed by atoms with Crippen LogP contribution < -0.4 is 4.72 Å². The van der Waals surface area contributed by atoms with E-state index >= 15 is 0 Å². The van der Waals surface area contributed by atoms with Gasteiger partial charge < -0.3 is 0 Å². The summed E-state index contributed by atoms with van der Waals surface area (Å²) in [6, 6.07) is 8.90. The number of hydrogen-bond donors (Lipinski definition) is 1. The molecule has 0 heterocycles. The first kappa shape index (κ1) is 14.9. The van der Waals surface area contributed by atoms with Crippen molar-refractivity contribution in [2.45, 2.75) is 11.8 Å². The van der Waals surface area contributed by atoms with Crippen molar-refractivity contribution in [3.8, 4) is 6.07 Å². The maximum Gasteiger partial charge on any atom is 0.264 e. The van der Waals surface area contributed by atoms with Gasteiger partial charge in [-0.15, -0.1) is 0 Å². The van der Waals surface area contributed by atoms with Gasteiger partial charge in [-0.2, -0.15) is 5.26 Å². The van der Waals surface area contributed by atoms with Gasteiger partial charge in [0, 0.05) is 0 Å². The molecule has 2 aromatic rings. The molecule has 0 fully saturated rings. The molecule has 0 bridgehead atoms. The van der Waals surface area contributed by atoms with Crippen molar-refractivity contribution in [2.24, 2.45) is 0 Å². The van der Waals surface area contributed by atoms with Gasteiger partial charge in [-0.3, -0.25) is 4.72 Å². The average molecular weight is 308 g/mol. The van der Waals surface area contributed by atoms with Crippen molar-refractivity contribution in [1.29, 1.82) is 5.26 Å². The summed E-state index contributed by atoms with van der Waals surface area (Å²) in [4.78, 5) is -0.564. The molecule has 0 saturated heterocycles. The average Bonchev–Trinajstić information content (AvgIpc) is 2.43. The van der Waals surface area contributed by atoms with Gasteiger partial charge in [0.1, 0.15) is 16.5 Å². The Bertz CT molecular complexity index is 843. The number of anilines is 1. The van der Waals surface area contributed by atoms with Crippen LogP contribution in [0.4, 0.5) is 14.5 Å². The third-order valence-electron chi connectivity index (χ3n) is 2.79. The number of halogens is 2. The smallest absolute Gasteiger partial charge is 0.264 e. The topological polar surface area (TPSA) is 70.0 Å². The van der Waals surface area contributed by atoms with Crippen LogP contribution in [0.2, 0.25) is 0 Å². The van der Waals surface area contributed by atoms with Gasteiger partial charge >= 0.3 is 0 Å². The minimum Gasteiger partial charge on any atom is -0.277 e. The molecule has 0 amide bonds. The van der Waals surface area contributed by atoms with Crippen LogP contribution in [0.25, 0.3) is 0 Å². The summed E-state index contributed by atoms with van der Waals surface area (Å²) >= 11 is 0. The lowest BCUT2D eigenvalue weighted by Crippen LogP contribution is -2.16. The van der Waals surface area contributed by atoms with E-state index < -0.39 is 26.6 Å². The lowest BCUT2D eigenvalue weighted by Gasteiger charge is -2.10. The first-order valence-electron chi connectivity index (χ1n) is 5.83. The van der Waals surface area contributed by atoms with Crippen molar-refractivity contribution < 1.29 is 17.2 Å². The monoisotopic (exact) mass is 308 g/mol. The van der Waals surface area contributed by atoms with Gasteiger partial charge in [0.15, 0.2) is 0 Å². The van der Waals surface area contributed by atoms with E-state index in [-0.39, 0.29) is 16.8 Å². The van der Waals surface area contributed by atoms with E-state index in [1.807, 2.05) is 4.72 Å². The first-order chi connectivity index (χ1) is 9.85. The van der Waals surface area contributed by atoms with Gasteiger partial charge in [0.05, 0.1) is 17.3 Å². The molecule has 0 aliphatic carbocycles. The number of rotatable bonds is 3. The van der Waals surface area contributed by atoms with Gasteiger partial charge in [-0.05, 0) is 36.8 Å². The number of hydrogen-bond acceptors (Lipinski definition) is 3. The minimum atomic E-state index is -4.26. The molecule has 0 atom stereocenters. The minimum absolute atomic E-state index is 0.0529. The standard InChI is InChI=1S/C14H10F2N2O2S/c1-9-3-2-4-13(14(9)16)21(19,20)18-12-6-5-10(8-17)7-11(12)15/h2-7,18H,1H3. The van der Waals surface area contributed by atoms with Gasteiger partial charge in [-0.1, -0.05) is 12.1 Å². The van der Waals surface area contributed by atoms with E-state index in [2.05, 4.69) is 0 Å². The van der Waals surface area contributed by atoms with Crippen LogP contribution in [0.5, 0.6) is 0 Å². The molecule has 21 heavy (non-hydrogen) atoms. The molecule has 0 aromatic heterocycles. The highest BCUT2D eigenvalue weighted by Gasteiger charge is 2.21. The SMILES string of the molecule is Cc1cccc(S(=O)(=O)Nc2ccc(C#N)cc2F)c1F. The molecular formula is C14H10F2N2O2S. The second kappa shape index (κ2) is 5.50. The van der Waals surface area contributed by atoms with E-state index in [0.29, 0.717) is 0 Å². The Hall–Kier alpha value is -2.46. The number of sulfonamides is 1. The molecule has 1 N–H and O–H groups in total. The fourth-order valence-corrected chi connectivity index (χ4v) is 2.91. The Balaban J connectivity index is 2.43. The zero-order valence-corrected chi connectivity index (χ0v) is 11.7. The molecule has 0 aliphatic heterocycles. The number of benzene rings is 2. The maximum absolute atomic E-state index is 13.9. The second-order valence-corrected chi connectivity index (χ2v) is 5.95. The van der Waals surface area contributed by atoms with Crippen molar-refractivity contribution in [3.63, 3.8) is 0 Å². The van der Waals surface area contributed by atoms with Crippen LogP contribution in [-0.4, -0.2) is 8.42 Å². The number of nitrogens with one attached hydrogen (secondary N) is 1. The summed E-state index contributed by atoms with van der Waals surface area (Å²) in [6.45, 7) is 1.43. The van der Waals surface area contributed by atoms with E-state index in [4.69, 9.17) is 5.26 Å². The summed E-state index contributed by atoms with van der Waals surface area (Å²) in [5.74, 6) is -1.80. The highest BCUT2D eigenvalue weighted by Crippen LogP contribution is 2.23. The lowest BCUT2D eigenvalue weighted by atomic mass is 10.2. The van der Waals surface area contributed by atoms with Crippen LogP contribution >= 0.6 is 0 Å². The van der Waals surface area contributed by atoms with E-state index in [1.54, 1.807) is 6.07 Å². The molecule has 7 heteroatoms. The maximum atomic E-state index is 13.9. The third-order valence-corrected chi connectivity index (χ3v) is 4.17. The molecule has 0 aliphatic rings. The molecule has 2 rings (SSSR count). The third kappa shape index (κ3) is 3.01. The molecule has 4 nitrogen and oxygen atoms in total. The zero-order chi connectivity index (χ0) is 15.6. The van der Waals surface area contributed by atoms with Crippen LogP contribution in [0.15, 0.2) is 41.3 Å². The summed E-state index contributed by atoms with van der Waals surface area (Å²) in [6.07, 6.45) is 0.